The highest BCUT2D eigenvalue weighted by molar-refractivity contribution is 5.54. The van der Waals surface area contributed by atoms with Crippen LogP contribution >= 0.6 is 0 Å². The van der Waals surface area contributed by atoms with Crippen molar-refractivity contribution in [2.45, 2.75) is 6.92 Å². The molecule has 1 aromatic heterocycles. The van der Waals surface area contributed by atoms with E-state index < -0.39 is 0 Å². The summed E-state index contributed by atoms with van der Waals surface area (Å²) in [5.74, 6) is 0.214. The summed E-state index contributed by atoms with van der Waals surface area (Å²) in [5, 5.41) is 15.6. The van der Waals surface area contributed by atoms with Crippen LogP contribution in [0.3, 0.4) is 0 Å². The Morgan fingerprint density at radius 2 is 2.27 bits per heavy atom. The van der Waals surface area contributed by atoms with E-state index in [1.807, 2.05) is 31.2 Å². The highest BCUT2D eigenvalue weighted by atomic mass is 16.5. The fourth-order valence-corrected chi connectivity index (χ4v) is 1.22. The van der Waals surface area contributed by atoms with Gasteiger partial charge in [-0.1, -0.05) is 22.1 Å². The SMILES string of the molecule is Cc1cccc(Nc2nc(N)n(O)n2)c1. The molecule has 15 heavy (non-hydrogen) atoms. The lowest BCUT2D eigenvalue weighted by Crippen LogP contribution is -1.99. The first kappa shape index (κ1) is 9.32. The molecule has 2 aromatic rings. The van der Waals surface area contributed by atoms with Gasteiger partial charge in [0.05, 0.1) is 0 Å². The molecule has 1 heterocycles. The van der Waals surface area contributed by atoms with E-state index in [4.69, 9.17) is 10.9 Å². The first-order valence-corrected chi connectivity index (χ1v) is 4.40. The number of aryl methyl sites for hydroxylation is 1. The van der Waals surface area contributed by atoms with Crippen molar-refractivity contribution < 1.29 is 5.21 Å². The predicted molar refractivity (Wildman–Crippen MR) is 56.1 cm³/mol. The normalized spacial score (nSPS) is 10.2. The maximum absolute atomic E-state index is 9.05. The highest BCUT2D eigenvalue weighted by Gasteiger charge is 2.04. The van der Waals surface area contributed by atoms with Crippen molar-refractivity contribution >= 4 is 17.6 Å². The molecule has 0 aliphatic rings. The highest BCUT2D eigenvalue weighted by Crippen LogP contribution is 2.14. The van der Waals surface area contributed by atoms with E-state index in [-0.39, 0.29) is 11.9 Å². The van der Waals surface area contributed by atoms with E-state index in [1.54, 1.807) is 0 Å². The Balaban J connectivity index is 2.22. The molecule has 6 nitrogen and oxygen atoms in total. The second kappa shape index (κ2) is 3.49. The van der Waals surface area contributed by atoms with E-state index in [0.29, 0.717) is 4.85 Å². The molecule has 0 aliphatic carbocycles. The summed E-state index contributed by atoms with van der Waals surface area (Å²) in [4.78, 5) is 4.33. The van der Waals surface area contributed by atoms with Gasteiger partial charge in [0.1, 0.15) is 0 Å². The second-order valence-corrected chi connectivity index (χ2v) is 3.18. The molecule has 1 aromatic carbocycles. The molecule has 0 fully saturated rings. The fourth-order valence-electron chi connectivity index (χ4n) is 1.22. The summed E-state index contributed by atoms with van der Waals surface area (Å²) in [5.41, 5.74) is 7.29. The van der Waals surface area contributed by atoms with Crippen LogP contribution < -0.4 is 11.1 Å². The quantitative estimate of drug-likeness (QED) is 0.640. The molecule has 0 aliphatic heterocycles. The Kier molecular flexibility index (Phi) is 2.17. The monoisotopic (exact) mass is 205 g/mol. The minimum atomic E-state index is -0.0508. The van der Waals surface area contributed by atoms with E-state index in [0.717, 1.165) is 11.3 Å². The first-order valence-electron chi connectivity index (χ1n) is 4.40. The van der Waals surface area contributed by atoms with E-state index in [9.17, 15) is 0 Å². The van der Waals surface area contributed by atoms with Gasteiger partial charge in [0.15, 0.2) is 0 Å². The summed E-state index contributed by atoms with van der Waals surface area (Å²) in [6.07, 6.45) is 0. The van der Waals surface area contributed by atoms with Crippen molar-refractivity contribution in [1.82, 2.24) is 14.9 Å². The number of hydrogen-bond donors (Lipinski definition) is 3. The van der Waals surface area contributed by atoms with Gasteiger partial charge in [-0.2, -0.15) is 4.98 Å². The summed E-state index contributed by atoms with van der Waals surface area (Å²) in [7, 11) is 0. The second-order valence-electron chi connectivity index (χ2n) is 3.18. The number of aromatic nitrogens is 3. The maximum Gasteiger partial charge on any atom is 0.258 e. The van der Waals surface area contributed by atoms with Gasteiger partial charge in [0.2, 0.25) is 0 Å². The van der Waals surface area contributed by atoms with Crippen molar-refractivity contribution in [3.8, 4) is 0 Å². The van der Waals surface area contributed by atoms with E-state index in [1.165, 1.54) is 0 Å². The van der Waals surface area contributed by atoms with Gasteiger partial charge in [0.25, 0.3) is 11.9 Å². The maximum atomic E-state index is 9.05. The Hall–Kier alpha value is -2.24. The fraction of sp³-hybridized carbons (Fsp3) is 0.111. The summed E-state index contributed by atoms with van der Waals surface area (Å²) in [6, 6.07) is 7.71. The van der Waals surface area contributed by atoms with Crippen molar-refractivity contribution in [1.29, 1.82) is 0 Å². The number of nitrogens with one attached hydrogen (secondary N) is 1. The summed E-state index contributed by atoms with van der Waals surface area (Å²) in [6.45, 7) is 1.98. The van der Waals surface area contributed by atoms with Crippen molar-refractivity contribution in [2.75, 3.05) is 11.1 Å². The Labute approximate surface area is 86.3 Å². The van der Waals surface area contributed by atoms with Crippen LogP contribution in [0.1, 0.15) is 5.56 Å². The van der Waals surface area contributed by atoms with E-state index in [2.05, 4.69) is 15.4 Å². The van der Waals surface area contributed by atoms with Gasteiger partial charge in [-0.05, 0) is 24.6 Å². The molecule has 6 heteroatoms. The molecular formula is C9H11N5O. The van der Waals surface area contributed by atoms with Crippen LogP contribution in [-0.4, -0.2) is 20.1 Å². The van der Waals surface area contributed by atoms with Gasteiger partial charge >= 0.3 is 0 Å². The largest absolute Gasteiger partial charge is 0.409 e. The molecule has 78 valence electrons. The van der Waals surface area contributed by atoms with Crippen molar-refractivity contribution in [3.05, 3.63) is 29.8 Å². The Morgan fingerprint density at radius 3 is 2.87 bits per heavy atom. The number of nitrogens with two attached hydrogens (primary N) is 1. The Bertz CT molecular complexity index is 460. The molecule has 2 rings (SSSR count). The zero-order valence-electron chi connectivity index (χ0n) is 8.18. The number of rotatable bonds is 2. The van der Waals surface area contributed by atoms with Crippen LogP contribution in [0.4, 0.5) is 17.6 Å². The van der Waals surface area contributed by atoms with Crippen LogP contribution in [0.2, 0.25) is 0 Å². The molecule has 0 saturated heterocycles. The molecule has 0 amide bonds. The average Bonchev–Trinajstić information content (AvgIpc) is 2.45. The van der Waals surface area contributed by atoms with Crippen LogP contribution in [0.25, 0.3) is 0 Å². The summed E-state index contributed by atoms with van der Waals surface area (Å²) < 4.78 is 0. The van der Waals surface area contributed by atoms with Gasteiger partial charge in [-0.25, -0.2) is 0 Å². The third kappa shape index (κ3) is 1.98. The van der Waals surface area contributed by atoms with Crippen LogP contribution in [0.5, 0.6) is 0 Å². The predicted octanol–water partition coefficient (Wildman–Crippen LogP) is 1.15. The molecule has 0 bridgehead atoms. The number of nitrogens with zero attached hydrogens (tertiary/aromatic N) is 3. The Morgan fingerprint density at radius 1 is 1.47 bits per heavy atom. The van der Waals surface area contributed by atoms with Crippen LogP contribution in [0, 0.1) is 6.92 Å². The lowest BCUT2D eigenvalue weighted by molar-refractivity contribution is 0.155. The zero-order chi connectivity index (χ0) is 10.8. The molecule has 4 N–H and O–H groups in total. The standard InChI is InChI=1S/C9H11N5O/c1-6-3-2-4-7(5-6)11-9-12-8(10)14(15)13-9/h2-5,15H,1H3,(H3,10,11,12,13). The molecular weight excluding hydrogens is 194 g/mol. The van der Waals surface area contributed by atoms with Gasteiger partial charge in [0, 0.05) is 5.69 Å². The molecule has 0 radical (unpaired) electrons. The minimum Gasteiger partial charge on any atom is -0.409 e. The molecule has 0 spiro atoms. The van der Waals surface area contributed by atoms with Gasteiger partial charge in [-0.15, -0.1) is 0 Å². The number of hydrogen-bond acceptors (Lipinski definition) is 5. The molecule has 0 atom stereocenters. The van der Waals surface area contributed by atoms with Crippen molar-refractivity contribution in [2.24, 2.45) is 0 Å². The first-order chi connectivity index (χ1) is 7.15. The van der Waals surface area contributed by atoms with Crippen molar-refractivity contribution in [3.63, 3.8) is 0 Å². The van der Waals surface area contributed by atoms with Gasteiger partial charge in [-0.3, -0.25) is 0 Å². The topological polar surface area (TPSA) is 89.0 Å². The van der Waals surface area contributed by atoms with Crippen LogP contribution in [-0.2, 0) is 0 Å². The lowest BCUT2D eigenvalue weighted by Gasteiger charge is -2.01. The number of benzene rings is 1. The smallest absolute Gasteiger partial charge is 0.258 e. The van der Waals surface area contributed by atoms with Gasteiger partial charge < -0.3 is 16.3 Å². The number of nitrogen functional groups attached to an aromatic ring is 1. The number of anilines is 3. The third-order valence-corrected chi connectivity index (χ3v) is 1.89. The zero-order valence-corrected chi connectivity index (χ0v) is 8.18. The summed E-state index contributed by atoms with van der Waals surface area (Å²) >= 11 is 0. The van der Waals surface area contributed by atoms with Crippen LogP contribution in [0.15, 0.2) is 24.3 Å². The molecule has 0 saturated carbocycles. The molecule has 0 unspecified atom stereocenters. The minimum absolute atomic E-state index is 0.0508. The van der Waals surface area contributed by atoms with E-state index >= 15 is 0 Å². The third-order valence-electron chi connectivity index (χ3n) is 1.89. The average molecular weight is 205 g/mol. The lowest BCUT2D eigenvalue weighted by atomic mass is 10.2.